The van der Waals surface area contributed by atoms with E-state index in [2.05, 4.69) is 30.8 Å². The summed E-state index contributed by atoms with van der Waals surface area (Å²) >= 11 is 7.27. The summed E-state index contributed by atoms with van der Waals surface area (Å²) in [5.41, 5.74) is 0. The number of thiophene rings is 1. The van der Waals surface area contributed by atoms with Gasteiger partial charge in [-0.3, -0.25) is 9.69 Å². The maximum atomic E-state index is 12.4. The van der Waals surface area contributed by atoms with Crippen LogP contribution in [0.15, 0.2) is 12.1 Å². The molecule has 0 saturated carbocycles. The van der Waals surface area contributed by atoms with Gasteiger partial charge < -0.3 is 4.90 Å². The third-order valence-corrected chi connectivity index (χ3v) is 5.25. The summed E-state index contributed by atoms with van der Waals surface area (Å²) < 4.78 is 0.677. The Morgan fingerprint density at radius 2 is 2.16 bits per heavy atom. The first-order chi connectivity index (χ1) is 8.90. The highest BCUT2D eigenvalue weighted by molar-refractivity contribution is 7.18. The molecule has 19 heavy (non-hydrogen) atoms. The van der Waals surface area contributed by atoms with Crippen LogP contribution in [0.2, 0.25) is 4.34 Å². The van der Waals surface area contributed by atoms with Crippen molar-refractivity contribution >= 4 is 28.7 Å². The summed E-state index contributed by atoms with van der Waals surface area (Å²) in [4.78, 5) is 17.7. The van der Waals surface area contributed by atoms with E-state index in [-0.39, 0.29) is 11.8 Å². The van der Waals surface area contributed by atoms with Gasteiger partial charge in [0.1, 0.15) is 0 Å². The molecule has 2 heterocycles. The second-order valence-electron chi connectivity index (χ2n) is 5.61. The lowest BCUT2D eigenvalue weighted by atomic mass is 10.1. The first kappa shape index (κ1) is 15.0. The van der Waals surface area contributed by atoms with Crippen molar-refractivity contribution < 1.29 is 4.79 Å². The normalized spacial score (nSPS) is 26.0. The van der Waals surface area contributed by atoms with Gasteiger partial charge in [-0.2, -0.15) is 0 Å². The molecule has 3 nitrogen and oxygen atoms in total. The van der Waals surface area contributed by atoms with E-state index in [0.717, 1.165) is 18.0 Å². The standard InChI is InChI=1S/C14H21ClN2OS/c1-9-7-17(8-11(9)16(3)4)10(2)14(18)12-5-6-13(15)19-12/h5-6,9-11H,7-8H2,1-4H3. The van der Waals surface area contributed by atoms with Crippen LogP contribution in [0.4, 0.5) is 0 Å². The molecule has 1 fully saturated rings. The maximum Gasteiger partial charge on any atom is 0.189 e. The van der Waals surface area contributed by atoms with Crippen molar-refractivity contribution in [3.8, 4) is 0 Å². The average Bonchev–Trinajstić information content (AvgIpc) is 2.93. The van der Waals surface area contributed by atoms with E-state index in [1.54, 1.807) is 6.07 Å². The second kappa shape index (κ2) is 5.92. The van der Waals surface area contributed by atoms with Crippen LogP contribution in [-0.4, -0.2) is 54.9 Å². The number of Topliss-reactive ketones (excluding diaryl/α,β-unsaturated/α-hetero) is 1. The topological polar surface area (TPSA) is 23.6 Å². The zero-order chi connectivity index (χ0) is 14.2. The fraction of sp³-hybridized carbons (Fsp3) is 0.643. The molecule has 5 heteroatoms. The molecule has 106 valence electrons. The third-order valence-electron chi connectivity index (χ3n) is 4.01. The van der Waals surface area contributed by atoms with E-state index < -0.39 is 0 Å². The van der Waals surface area contributed by atoms with E-state index in [9.17, 15) is 4.79 Å². The van der Waals surface area contributed by atoms with Crippen LogP contribution in [0.1, 0.15) is 23.5 Å². The maximum absolute atomic E-state index is 12.4. The Labute approximate surface area is 124 Å². The number of likely N-dealkylation sites (tertiary alicyclic amines) is 1. The van der Waals surface area contributed by atoms with Gasteiger partial charge >= 0.3 is 0 Å². The molecule has 1 aliphatic rings. The summed E-state index contributed by atoms with van der Waals surface area (Å²) in [6, 6.07) is 4.08. The molecular formula is C14H21ClN2OS. The van der Waals surface area contributed by atoms with Crippen molar-refractivity contribution in [2.24, 2.45) is 5.92 Å². The Morgan fingerprint density at radius 3 is 2.63 bits per heavy atom. The predicted octanol–water partition coefficient (Wildman–Crippen LogP) is 2.85. The molecular weight excluding hydrogens is 280 g/mol. The molecule has 2 rings (SSSR count). The van der Waals surface area contributed by atoms with Gasteiger partial charge in [0.2, 0.25) is 0 Å². The van der Waals surface area contributed by atoms with Gasteiger partial charge in [-0.05, 0) is 39.1 Å². The Balaban J connectivity index is 2.05. The monoisotopic (exact) mass is 300 g/mol. The summed E-state index contributed by atoms with van der Waals surface area (Å²) in [6.45, 7) is 6.19. The molecule has 0 aliphatic carbocycles. The van der Waals surface area contributed by atoms with Crippen molar-refractivity contribution in [2.45, 2.75) is 25.9 Å². The van der Waals surface area contributed by atoms with E-state index in [0.29, 0.717) is 16.3 Å². The molecule has 0 bridgehead atoms. The van der Waals surface area contributed by atoms with Crippen LogP contribution in [0.3, 0.4) is 0 Å². The molecule has 3 unspecified atom stereocenters. The number of hydrogen-bond donors (Lipinski definition) is 0. The number of rotatable bonds is 4. The van der Waals surface area contributed by atoms with E-state index in [1.807, 2.05) is 13.0 Å². The number of carbonyl (C=O) groups is 1. The van der Waals surface area contributed by atoms with Crippen LogP contribution in [0.25, 0.3) is 0 Å². The molecule has 0 spiro atoms. The van der Waals surface area contributed by atoms with Gasteiger partial charge in [0, 0.05) is 19.1 Å². The number of halogens is 1. The molecule has 0 aromatic carbocycles. The summed E-state index contributed by atoms with van der Waals surface area (Å²) in [7, 11) is 4.21. The van der Waals surface area contributed by atoms with E-state index in [1.165, 1.54) is 11.3 Å². The zero-order valence-electron chi connectivity index (χ0n) is 11.9. The van der Waals surface area contributed by atoms with Crippen molar-refractivity contribution in [3.63, 3.8) is 0 Å². The molecule has 1 aromatic rings. The minimum Gasteiger partial charge on any atom is -0.305 e. The largest absolute Gasteiger partial charge is 0.305 e. The summed E-state index contributed by atoms with van der Waals surface area (Å²) in [5.74, 6) is 0.778. The molecule has 0 amide bonds. The van der Waals surface area contributed by atoms with Crippen LogP contribution in [0.5, 0.6) is 0 Å². The van der Waals surface area contributed by atoms with Gasteiger partial charge in [-0.1, -0.05) is 18.5 Å². The van der Waals surface area contributed by atoms with Crippen molar-refractivity contribution in [1.82, 2.24) is 9.80 Å². The number of hydrogen-bond acceptors (Lipinski definition) is 4. The Kier molecular flexibility index (Phi) is 4.66. The van der Waals surface area contributed by atoms with Gasteiger partial charge in [0.25, 0.3) is 0 Å². The highest BCUT2D eigenvalue weighted by atomic mass is 35.5. The SMILES string of the molecule is CC1CN(C(C)C(=O)c2ccc(Cl)s2)CC1N(C)C. The van der Waals surface area contributed by atoms with E-state index >= 15 is 0 Å². The minimum absolute atomic E-state index is 0.0675. The molecule has 1 aromatic heterocycles. The first-order valence-corrected chi connectivity index (χ1v) is 7.79. The van der Waals surface area contributed by atoms with Crippen molar-refractivity contribution in [1.29, 1.82) is 0 Å². The second-order valence-corrected chi connectivity index (χ2v) is 7.32. The molecule has 1 aliphatic heterocycles. The first-order valence-electron chi connectivity index (χ1n) is 6.60. The summed E-state index contributed by atoms with van der Waals surface area (Å²) in [5, 5.41) is 0. The fourth-order valence-electron chi connectivity index (χ4n) is 2.79. The molecule has 1 saturated heterocycles. The highest BCUT2D eigenvalue weighted by Crippen LogP contribution is 2.27. The van der Waals surface area contributed by atoms with Crippen LogP contribution >= 0.6 is 22.9 Å². The summed E-state index contributed by atoms with van der Waals surface area (Å²) in [6.07, 6.45) is 0. The molecule has 3 atom stereocenters. The third kappa shape index (κ3) is 3.19. The average molecular weight is 301 g/mol. The molecule has 0 radical (unpaired) electrons. The quantitative estimate of drug-likeness (QED) is 0.799. The van der Waals surface area contributed by atoms with Gasteiger partial charge in [0.15, 0.2) is 5.78 Å². The van der Waals surface area contributed by atoms with Crippen LogP contribution < -0.4 is 0 Å². The zero-order valence-corrected chi connectivity index (χ0v) is 13.5. The van der Waals surface area contributed by atoms with Crippen LogP contribution in [-0.2, 0) is 0 Å². The lowest BCUT2D eigenvalue weighted by Crippen LogP contribution is -2.39. The lowest BCUT2D eigenvalue weighted by Gasteiger charge is -2.24. The highest BCUT2D eigenvalue weighted by Gasteiger charge is 2.35. The smallest absolute Gasteiger partial charge is 0.189 e. The Hall–Kier alpha value is -0.420. The van der Waals surface area contributed by atoms with Crippen LogP contribution in [0, 0.1) is 5.92 Å². The number of likely N-dealkylation sites (N-methyl/N-ethyl adjacent to an activating group) is 1. The Bertz CT molecular complexity index is 460. The van der Waals surface area contributed by atoms with Crippen molar-refractivity contribution in [3.05, 3.63) is 21.3 Å². The Morgan fingerprint density at radius 1 is 1.47 bits per heavy atom. The van der Waals surface area contributed by atoms with Gasteiger partial charge in [-0.15, -0.1) is 11.3 Å². The van der Waals surface area contributed by atoms with Gasteiger partial charge in [-0.25, -0.2) is 0 Å². The fourth-order valence-corrected chi connectivity index (χ4v) is 3.86. The molecule has 0 N–H and O–H groups in total. The number of nitrogens with zero attached hydrogens (tertiary/aromatic N) is 2. The van der Waals surface area contributed by atoms with Crippen molar-refractivity contribution in [2.75, 3.05) is 27.2 Å². The minimum atomic E-state index is -0.0675. The van der Waals surface area contributed by atoms with Gasteiger partial charge in [0.05, 0.1) is 15.3 Å². The van der Waals surface area contributed by atoms with E-state index in [4.69, 9.17) is 11.6 Å². The predicted molar refractivity (Wildman–Crippen MR) is 81.3 cm³/mol. The number of ketones is 1. The number of carbonyl (C=O) groups excluding carboxylic acids is 1. The lowest BCUT2D eigenvalue weighted by molar-refractivity contribution is 0.0863.